The summed E-state index contributed by atoms with van der Waals surface area (Å²) in [5.41, 5.74) is 12.6. The Morgan fingerprint density at radius 3 is 1.21 bits per heavy atom. The van der Waals surface area contributed by atoms with Crippen LogP contribution in [0.5, 0.6) is 0 Å². The summed E-state index contributed by atoms with van der Waals surface area (Å²) in [5, 5.41) is 2.62. The number of H-pyrrole nitrogens is 2. The Morgan fingerprint density at radius 1 is 0.464 bits per heavy atom. The molecule has 0 radical (unpaired) electrons. The van der Waals surface area contributed by atoms with Gasteiger partial charge < -0.3 is 9.97 Å². The number of hydrogen-bond donors (Lipinski definition) is 2. The standard InChI is InChI=1S/C26H24N2/c1-15-17(3)27-25-11-9-21(13-23(15)25)19-5-7-20(8-6-19)22-10-12-26-24(14-22)16(2)18(4)28-26/h5-14,27-28H,1-4H3. The van der Waals surface area contributed by atoms with E-state index in [0.717, 1.165) is 0 Å². The van der Waals surface area contributed by atoms with Crippen molar-refractivity contribution < 1.29 is 0 Å². The van der Waals surface area contributed by atoms with E-state index in [2.05, 4.69) is 98.3 Å². The molecular formula is C26H24N2. The van der Waals surface area contributed by atoms with Gasteiger partial charge in [0.25, 0.3) is 0 Å². The second kappa shape index (κ2) is 6.13. The lowest BCUT2D eigenvalue weighted by atomic mass is 9.98. The normalized spacial score (nSPS) is 11.6. The highest BCUT2D eigenvalue weighted by atomic mass is 14.7. The molecule has 2 N–H and O–H groups in total. The zero-order chi connectivity index (χ0) is 19.4. The van der Waals surface area contributed by atoms with Crippen LogP contribution in [0, 0.1) is 27.7 Å². The lowest BCUT2D eigenvalue weighted by Crippen LogP contribution is -1.82. The smallest absolute Gasteiger partial charge is 0.0459 e. The van der Waals surface area contributed by atoms with Crippen LogP contribution >= 0.6 is 0 Å². The zero-order valence-electron chi connectivity index (χ0n) is 16.8. The predicted octanol–water partition coefficient (Wildman–Crippen LogP) is 7.22. The van der Waals surface area contributed by atoms with Gasteiger partial charge in [-0.05, 0) is 85.3 Å². The predicted molar refractivity (Wildman–Crippen MR) is 120 cm³/mol. The third-order valence-corrected chi connectivity index (χ3v) is 6.17. The van der Waals surface area contributed by atoms with Crippen molar-refractivity contribution in [3.63, 3.8) is 0 Å². The van der Waals surface area contributed by atoms with Gasteiger partial charge in [0.1, 0.15) is 0 Å². The van der Waals surface area contributed by atoms with Crippen molar-refractivity contribution in [3.05, 3.63) is 83.2 Å². The van der Waals surface area contributed by atoms with Crippen LogP contribution in [0.15, 0.2) is 60.7 Å². The molecule has 0 aliphatic heterocycles. The Labute approximate surface area is 165 Å². The van der Waals surface area contributed by atoms with E-state index in [-0.39, 0.29) is 0 Å². The molecule has 0 saturated heterocycles. The first-order chi connectivity index (χ1) is 13.5. The van der Waals surface area contributed by atoms with Gasteiger partial charge in [0.15, 0.2) is 0 Å². The molecule has 0 saturated carbocycles. The molecule has 5 rings (SSSR count). The molecular weight excluding hydrogens is 340 g/mol. The first kappa shape index (κ1) is 16.9. The first-order valence-electron chi connectivity index (χ1n) is 9.80. The van der Waals surface area contributed by atoms with Gasteiger partial charge in [0.2, 0.25) is 0 Å². The fourth-order valence-corrected chi connectivity index (χ4v) is 4.14. The Hall–Kier alpha value is -3.26. The minimum atomic E-state index is 1.21. The summed E-state index contributed by atoms with van der Waals surface area (Å²) in [7, 11) is 0. The van der Waals surface area contributed by atoms with Crippen molar-refractivity contribution in [2.24, 2.45) is 0 Å². The van der Waals surface area contributed by atoms with Gasteiger partial charge in [-0.25, -0.2) is 0 Å². The highest BCUT2D eigenvalue weighted by molar-refractivity contribution is 5.90. The van der Waals surface area contributed by atoms with E-state index in [9.17, 15) is 0 Å². The molecule has 2 heteroatoms. The van der Waals surface area contributed by atoms with E-state index in [1.165, 1.54) is 66.6 Å². The molecule has 3 aromatic carbocycles. The molecule has 0 spiro atoms. The van der Waals surface area contributed by atoms with Crippen LogP contribution < -0.4 is 0 Å². The molecule has 0 atom stereocenters. The summed E-state index contributed by atoms with van der Waals surface area (Å²) in [6.07, 6.45) is 0. The average Bonchev–Trinajstić information content (AvgIpc) is 3.17. The maximum atomic E-state index is 3.45. The molecule has 5 aromatic rings. The quantitative estimate of drug-likeness (QED) is 0.331. The molecule has 0 aliphatic carbocycles. The van der Waals surface area contributed by atoms with E-state index in [0.29, 0.717) is 0 Å². The van der Waals surface area contributed by atoms with Gasteiger partial charge in [-0.15, -0.1) is 0 Å². The van der Waals surface area contributed by atoms with Gasteiger partial charge in [-0.3, -0.25) is 0 Å². The average molecular weight is 364 g/mol. The van der Waals surface area contributed by atoms with E-state index in [1.54, 1.807) is 0 Å². The lowest BCUT2D eigenvalue weighted by molar-refractivity contribution is 1.25. The summed E-state index contributed by atoms with van der Waals surface area (Å²) < 4.78 is 0. The molecule has 0 bridgehead atoms. The third-order valence-electron chi connectivity index (χ3n) is 6.17. The minimum Gasteiger partial charge on any atom is -0.358 e. The van der Waals surface area contributed by atoms with Crippen molar-refractivity contribution in [1.82, 2.24) is 9.97 Å². The van der Waals surface area contributed by atoms with Crippen LogP contribution in [0.2, 0.25) is 0 Å². The number of aromatic amines is 2. The second-order valence-electron chi connectivity index (χ2n) is 7.85. The summed E-state index contributed by atoms with van der Waals surface area (Å²) in [4.78, 5) is 6.91. The lowest BCUT2D eigenvalue weighted by Gasteiger charge is -2.06. The van der Waals surface area contributed by atoms with Gasteiger partial charge in [-0.1, -0.05) is 36.4 Å². The molecule has 28 heavy (non-hydrogen) atoms. The van der Waals surface area contributed by atoms with Gasteiger partial charge in [0, 0.05) is 33.2 Å². The zero-order valence-corrected chi connectivity index (χ0v) is 16.8. The van der Waals surface area contributed by atoms with Crippen molar-refractivity contribution in [3.8, 4) is 22.3 Å². The van der Waals surface area contributed by atoms with Crippen LogP contribution in [0.4, 0.5) is 0 Å². The number of rotatable bonds is 2. The Kier molecular flexibility index (Phi) is 3.70. The summed E-state index contributed by atoms with van der Waals surface area (Å²) >= 11 is 0. The van der Waals surface area contributed by atoms with Crippen molar-refractivity contribution in [2.45, 2.75) is 27.7 Å². The number of hydrogen-bond acceptors (Lipinski definition) is 0. The molecule has 0 amide bonds. The van der Waals surface area contributed by atoms with Crippen molar-refractivity contribution in [2.75, 3.05) is 0 Å². The minimum absolute atomic E-state index is 1.21. The largest absolute Gasteiger partial charge is 0.358 e. The molecule has 2 aromatic heterocycles. The molecule has 2 heterocycles. The molecule has 0 unspecified atom stereocenters. The van der Waals surface area contributed by atoms with Crippen molar-refractivity contribution in [1.29, 1.82) is 0 Å². The van der Waals surface area contributed by atoms with Gasteiger partial charge >= 0.3 is 0 Å². The summed E-state index contributed by atoms with van der Waals surface area (Å²) in [6, 6.07) is 22.3. The van der Waals surface area contributed by atoms with Crippen LogP contribution in [0.3, 0.4) is 0 Å². The molecule has 2 nitrogen and oxygen atoms in total. The summed E-state index contributed by atoms with van der Waals surface area (Å²) in [5.74, 6) is 0. The Morgan fingerprint density at radius 2 is 0.821 bits per heavy atom. The van der Waals surface area contributed by atoms with E-state index in [1.807, 2.05) is 0 Å². The second-order valence-corrected chi connectivity index (χ2v) is 7.85. The SMILES string of the molecule is Cc1[nH]c2ccc(-c3ccc(-c4ccc5[nH]c(C)c(C)c5c4)cc3)cc2c1C. The fourth-order valence-electron chi connectivity index (χ4n) is 4.14. The highest BCUT2D eigenvalue weighted by Gasteiger charge is 2.08. The number of fused-ring (bicyclic) bond motifs is 2. The van der Waals surface area contributed by atoms with Crippen LogP contribution in [-0.2, 0) is 0 Å². The monoisotopic (exact) mass is 364 g/mol. The number of aromatic nitrogens is 2. The number of aryl methyl sites for hydroxylation is 4. The van der Waals surface area contributed by atoms with Crippen LogP contribution in [0.1, 0.15) is 22.5 Å². The maximum absolute atomic E-state index is 3.45. The topological polar surface area (TPSA) is 31.6 Å². The molecule has 138 valence electrons. The van der Waals surface area contributed by atoms with E-state index in [4.69, 9.17) is 0 Å². The van der Waals surface area contributed by atoms with Crippen molar-refractivity contribution >= 4 is 21.8 Å². The van der Waals surface area contributed by atoms with Crippen LogP contribution in [0.25, 0.3) is 44.1 Å². The number of benzene rings is 3. The van der Waals surface area contributed by atoms with E-state index < -0.39 is 0 Å². The first-order valence-corrected chi connectivity index (χ1v) is 9.80. The third kappa shape index (κ3) is 2.56. The Bertz CT molecular complexity index is 1230. The molecule has 0 fully saturated rings. The highest BCUT2D eigenvalue weighted by Crippen LogP contribution is 2.31. The molecule has 0 aliphatic rings. The Balaban J connectivity index is 1.54. The summed E-state index contributed by atoms with van der Waals surface area (Å²) in [6.45, 7) is 8.63. The number of nitrogens with one attached hydrogen (secondary N) is 2. The van der Waals surface area contributed by atoms with Gasteiger partial charge in [0.05, 0.1) is 0 Å². The maximum Gasteiger partial charge on any atom is 0.0459 e. The fraction of sp³-hybridized carbons (Fsp3) is 0.154. The van der Waals surface area contributed by atoms with Crippen LogP contribution in [-0.4, -0.2) is 9.97 Å². The van der Waals surface area contributed by atoms with Gasteiger partial charge in [-0.2, -0.15) is 0 Å². The van der Waals surface area contributed by atoms with E-state index >= 15 is 0 Å².